The van der Waals surface area contributed by atoms with Crippen molar-refractivity contribution in [1.82, 2.24) is 10.6 Å². The van der Waals surface area contributed by atoms with Crippen molar-refractivity contribution >= 4 is 41.5 Å². The number of benzene rings is 2. The van der Waals surface area contributed by atoms with Gasteiger partial charge in [0.05, 0.1) is 13.7 Å². The van der Waals surface area contributed by atoms with Crippen LogP contribution in [-0.4, -0.2) is 24.7 Å². The second-order valence-corrected chi connectivity index (χ2v) is 5.62. The SMILES string of the molecule is CCNC(=NCc1cccc(Cl)c1)NCc1ccc(OC)c(O)c1.I. The number of phenolic OH excluding ortho intramolecular Hbond substituents is 1. The van der Waals surface area contributed by atoms with Crippen LogP contribution < -0.4 is 15.4 Å². The molecule has 2 aromatic carbocycles. The summed E-state index contributed by atoms with van der Waals surface area (Å²) in [4.78, 5) is 4.54. The zero-order valence-corrected chi connectivity index (χ0v) is 17.3. The molecule has 0 spiro atoms. The molecule has 0 saturated heterocycles. The molecular formula is C18H23ClIN3O2. The number of hydrogen-bond donors (Lipinski definition) is 3. The number of phenols is 1. The van der Waals surface area contributed by atoms with Crippen molar-refractivity contribution < 1.29 is 9.84 Å². The fourth-order valence-corrected chi connectivity index (χ4v) is 2.39. The molecule has 0 aliphatic carbocycles. The van der Waals surface area contributed by atoms with Crippen LogP contribution >= 0.6 is 35.6 Å². The van der Waals surface area contributed by atoms with E-state index in [2.05, 4.69) is 15.6 Å². The van der Waals surface area contributed by atoms with E-state index in [1.165, 1.54) is 7.11 Å². The van der Waals surface area contributed by atoms with Crippen LogP contribution in [0.15, 0.2) is 47.5 Å². The van der Waals surface area contributed by atoms with Gasteiger partial charge < -0.3 is 20.5 Å². The van der Waals surface area contributed by atoms with Crippen LogP contribution in [0.4, 0.5) is 0 Å². The minimum atomic E-state index is 0. The number of aliphatic imine (C=N–C) groups is 1. The van der Waals surface area contributed by atoms with Gasteiger partial charge in [0.2, 0.25) is 0 Å². The summed E-state index contributed by atoms with van der Waals surface area (Å²) in [5.74, 6) is 1.28. The summed E-state index contributed by atoms with van der Waals surface area (Å²) in [5, 5.41) is 17.0. The summed E-state index contributed by atoms with van der Waals surface area (Å²) in [6.07, 6.45) is 0. The highest BCUT2D eigenvalue weighted by Gasteiger charge is 2.04. The maximum absolute atomic E-state index is 9.83. The van der Waals surface area contributed by atoms with Gasteiger partial charge in [0.25, 0.3) is 0 Å². The molecular weight excluding hydrogens is 453 g/mol. The van der Waals surface area contributed by atoms with Gasteiger partial charge >= 0.3 is 0 Å². The number of hydrogen-bond acceptors (Lipinski definition) is 3. The van der Waals surface area contributed by atoms with E-state index in [-0.39, 0.29) is 29.7 Å². The first-order chi connectivity index (χ1) is 11.6. The highest BCUT2D eigenvalue weighted by molar-refractivity contribution is 14.0. The molecule has 2 aromatic rings. The topological polar surface area (TPSA) is 65.9 Å². The molecule has 3 N–H and O–H groups in total. The first kappa shape index (κ1) is 21.4. The standard InChI is InChI=1S/C18H22ClN3O2.HI/c1-3-20-18(21-11-13-5-4-6-15(19)9-13)22-12-14-7-8-17(24-2)16(23)10-14;/h4-10,23H,3,11-12H2,1-2H3,(H2,20,21,22);1H. The molecule has 0 aliphatic heterocycles. The summed E-state index contributed by atoms with van der Waals surface area (Å²) in [7, 11) is 1.53. The van der Waals surface area contributed by atoms with E-state index < -0.39 is 0 Å². The van der Waals surface area contributed by atoms with Crippen LogP contribution in [0.2, 0.25) is 5.02 Å². The van der Waals surface area contributed by atoms with Crippen LogP contribution in [0.5, 0.6) is 11.5 Å². The Morgan fingerprint density at radius 2 is 1.96 bits per heavy atom. The highest BCUT2D eigenvalue weighted by Crippen LogP contribution is 2.26. The second-order valence-electron chi connectivity index (χ2n) is 5.18. The number of halogens is 2. The number of nitrogens with one attached hydrogen (secondary N) is 2. The second kappa shape index (κ2) is 11.0. The van der Waals surface area contributed by atoms with Gasteiger partial charge in [-0.2, -0.15) is 0 Å². The number of rotatable bonds is 6. The Morgan fingerprint density at radius 3 is 2.60 bits per heavy atom. The fourth-order valence-electron chi connectivity index (χ4n) is 2.18. The Morgan fingerprint density at radius 1 is 1.16 bits per heavy atom. The van der Waals surface area contributed by atoms with E-state index in [0.717, 1.165) is 17.7 Å². The van der Waals surface area contributed by atoms with Crippen molar-refractivity contribution in [3.05, 3.63) is 58.6 Å². The third-order valence-electron chi connectivity index (χ3n) is 3.36. The van der Waals surface area contributed by atoms with Crippen molar-refractivity contribution in [3.8, 4) is 11.5 Å². The van der Waals surface area contributed by atoms with Crippen LogP contribution in [0.25, 0.3) is 0 Å². The summed E-state index contributed by atoms with van der Waals surface area (Å²) in [6.45, 7) is 3.84. The van der Waals surface area contributed by atoms with Gasteiger partial charge in [-0.3, -0.25) is 0 Å². The molecule has 7 heteroatoms. The number of nitrogens with zero attached hydrogens (tertiary/aromatic N) is 1. The zero-order valence-electron chi connectivity index (χ0n) is 14.3. The van der Waals surface area contributed by atoms with Gasteiger partial charge in [0.1, 0.15) is 0 Å². The predicted molar refractivity (Wildman–Crippen MR) is 113 cm³/mol. The van der Waals surface area contributed by atoms with Gasteiger partial charge in [-0.05, 0) is 42.3 Å². The van der Waals surface area contributed by atoms with E-state index >= 15 is 0 Å². The molecule has 0 unspecified atom stereocenters. The molecule has 5 nitrogen and oxygen atoms in total. The third-order valence-corrected chi connectivity index (χ3v) is 3.59. The van der Waals surface area contributed by atoms with Crippen molar-refractivity contribution in [2.75, 3.05) is 13.7 Å². The molecule has 0 heterocycles. The van der Waals surface area contributed by atoms with Crippen LogP contribution in [0, 0.1) is 0 Å². The minimum Gasteiger partial charge on any atom is -0.504 e. The Kier molecular flexibility index (Phi) is 9.44. The summed E-state index contributed by atoms with van der Waals surface area (Å²) < 4.78 is 5.04. The molecule has 0 aromatic heterocycles. The zero-order chi connectivity index (χ0) is 17.4. The van der Waals surface area contributed by atoms with Gasteiger partial charge in [-0.15, -0.1) is 24.0 Å². The summed E-state index contributed by atoms with van der Waals surface area (Å²) >= 11 is 5.99. The van der Waals surface area contributed by atoms with E-state index in [9.17, 15) is 5.11 Å². The molecule has 0 saturated carbocycles. The first-order valence-corrected chi connectivity index (χ1v) is 8.12. The summed E-state index contributed by atoms with van der Waals surface area (Å²) in [5.41, 5.74) is 1.98. The molecule has 0 radical (unpaired) electrons. The largest absolute Gasteiger partial charge is 0.504 e. The molecule has 2 rings (SSSR count). The lowest BCUT2D eigenvalue weighted by Gasteiger charge is -2.12. The minimum absolute atomic E-state index is 0. The Hall–Kier alpha value is -1.67. The Labute approximate surface area is 170 Å². The van der Waals surface area contributed by atoms with E-state index in [1.54, 1.807) is 12.1 Å². The van der Waals surface area contributed by atoms with Crippen LogP contribution in [0.3, 0.4) is 0 Å². The van der Waals surface area contributed by atoms with Crippen molar-refractivity contribution in [2.45, 2.75) is 20.0 Å². The lowest BCUT2D eigenvalue weighted by atomic mass is 10.2. The molecule has 0 bridgehead atoms. The normalized spacial score (nSPS) is 10.8. The monoisotopic (exact) mass is 475 g/mol. The van der Waals surface area contributed by atoms with Gasteiger partial charge in [-0.1, -0.05) is 29.8 Å². The van der Waals surface area contributed by atoms with Crippen molar-refractivity contribution in [2.24, 2.45) is 4.99 Å². The van der Waals surface area contributed by atoms with E-state index in [0.29, 0.717) is 29.8 Å². The lowest BCUT2D eigenvalue weighted by molar-refractivity contribution is 0.373. The maximum Gasteiger partial charge on any atom is 0.191 e. The summed E-state index contributed by atoms with van der Waals surface area (Å²) in [6, 6.07) is 12.9. The van der Waals surface area contributed by atoms with Crippen molar-refractivity contribution in [3.63, 3.8) is 0 Å². The van der Waals surface area contributed by atoms with Crippen LogP contribution in [0.1, 0.15) is 18.1 Å². The number of ether oxygens (including phenoxy) is 1. The quantitative estimate of drug-likeness (QED) is 0.336. The molecule has 0 fully saturated rings. The fraction of sp³-hybridized carbons (Fsp3) is 0.278. The predicted octanol–water partition coefficient (Wildman–Crippen LogP) is 3.93. The molecule has 0 aliphatic rings. The molecule has 0 atom stereocenters. The molecule has 25 heavy (non-hydrogen) atoms. The number of aromatic hydroxyl groups is 1. The lowest BCUT2D eigenvalue weighted by Crippen LogP contribution is -2.36. The third kappa shape index (κ3) is 6.99. The smallest absolute Gasteiger partial charge is 0.191 e. The Bertz CT molecular complexity index is 710. The average Bonchev–Trinajstić information content (AvgIpc) is 2.57. The van der Waals surface area contributed by atoms with Gasteiger partial charge in [-0.25, -0.2) is 4.99 Å². The first-order valence-electron chi connectivity index (χ1n) is 7.75. The average molecular weight is 476 g/mol. The molecule has 0 amide bonds. The van der Waals surface area contributed by atoms with E-state index in [4.69, 9.17) is 16.3 Å². The van der Waals surface area contributed by atoms with Gasteiger partial charge in [0.15, 0.2) is 17.5 Å². The Balaban J connectivity index is 0.00000312. The maximum atomic E-state index is 9.83. The van der Waals surface area contributed by atoms with Crippen LogP contribution in [-0.2, 0) is 13.1 Å². The molecule has 136 valence electrons. The van der Waals surface area contributed by atoms with Gasteiger partial charge in [0, 0.05) is 18.1 Å². The van der Waals surface area contributed by atoms with Crippen molar-refractivity contribution in [1.29, 1.82) is 0 Å². The highest BCUT2D eigenvalue weighted by atomic mass is 127. The number of guanidine groups is 1. The van der Waals surface area contributed by atoms with E-state index in [1.807, 2.05) is 37.3 Å². The number of methoxy groups -OCH3 is 1.